The minimum Gasteiger partial charge on any atom is -0.496 e. The van der Waals surface area contributed by atoms with Gasteiger partial charge in [-0.05, 0) is 31.0 Å². The van der Waals surface area contributed by atoms with E-state index in [4.69, 9.17) is 0 Å². The predicted octanol–water partition coefficient (Wildman–Crippen LogP) is 3.47. The molecule has 0 fully saturated rings. The van der Waals surface area contributed by atoms with E-state index in [1.54, 1.807) is 0 Å². The lowest BCUT2D eigenvalue weighted by Gasteiger charge is -2.15. The van der Waals surface area contributed by atoms with Gasteiger partial charge in [0.1, 0.15) is 17.1 Å². The molecule has 0 saturated carbocycles. The maximum atomic E-state index is 13.4. The lowest BCUT2D eigenvalue weighted by molar-refractivity contribution is -0.141. The van der Waals surface area contributed by atoms with Gasteiger partial charge in [0.25, 0.3) is 0 Å². The summed E-state index contributed by atoms with van der Waals surface area (Å²) in [5, 5.41) is 0. The average molecular weight is 222 g/mol. The van der Waals surface area contributed by atoms with Crippen molar-refractivity contribution in [2.75, 3.05) is 7.11 Å². The standard InChI is InChI=1S/C10H10F4O/c1-5-4-7(15-3)8(10(12,13)14)9(11)6(5)2/h4H,1-3H3. The molecule has 0 N–H and O–H groups in total. The maximum absolute atomic E-state index is 13.4. The highest BCUT2D eigenvalue weighted by Crippen LogP contribution is 2.39. The summed E-state index contributed by atoms with van der Waals surface area (Å²) in [6.45, 7) is 2.83. The van der Waals surface area contributed by atoms with E-state index in [-0.39, 0.29) is 5.56 Å². The lowest BCUT2D eigenvalue weighted by Crippen LogP contribution is -2.12. The summed E-state index contributed by atoms with van der Waals surface area (Å²) in [6, 6.07) is 1.18. The fraction of sp³-hybridized carbons (Fsp3) is 0.400. The van der Waals surface area contributed by atoms with Crippen molar-refractivity contribution in [3.8, 4) is 5.75 Å². The molecule has 0 spiro atoms. The lowest BCUT2D eigenvalue weighted by atomic mass is 10.0. The van der Waals surface area contributed by atoms with Gasteiger partial charge in [0.05, 0.1) is 7.11 Å². The number of aryl methyl sites for hydroxylation is 1. The number of ether oxygens (including phenoxy) is 1. The number of hydrogen-bond acceptors (Lipinski definition) is 1. The molecule has 0 saturated heterocycles. The van der Waals surface area contributed by atoms with E-state index in [1.807, 2.05) is 0 Å². The second-order valence-electron chi connectivity index (χ2n) is 3.21. The normalized spacial score (nSPS) is 11.7. The van der Waals surface area contributed by atoms with Gasteiger partial charge in [0.15, 0.2) is 0 Å². The first-order valence-electron chi connectivity index (χ1n) is 4.20. The smallest absolute Gasteiger partial charge is 0.422 e. The zero-order chi connectivity index (χ0) is 11.8. The fourth-order valence-corrected chi connectivity index (χ4v) is 1.27. The molecule has 0 bridgehead atoms. The fourth-order valence-electron chi connectivity index (χ4n) is 1.27. The van der Waals surface area contributed by atoms with Gasteiger partial charge < -0.3 is 4.74 Å². The Hall–Kier alpha value is -1.26. The molecule has 5 heteroatoms. The van der Waals surface area contributed by atoms with Gasteiger partial charge in [0.2, 0.25) is 0 Å². The van der Waals surface area contributed by atoms with Crippen molar-refractivity contribution in [2.45, 2.75) is 20.0 Å². The number of hydrogen-bond donors (Lipinski definition) is 0. The highest BCUT2D eigenvalue weighted by molar-refractivity contribution is 5.44. The molecule has 0 heterocycles. The summed E-state index contributed by atoms with van der Waals surface area (Å²) in [5.74, 6) is -1.75. The van der Waals surface area contributed by atoms with Gasteiger partial charge >= 0.3 is 6.18 Å². The Labute approximate surface area is 84.7 Å². The van der Waals surface area contributed by atoms with E-state index in [2.05, 4.69) is 4.74 Å². The molecule has 0 unspecified atom stereocenters. The first kappa shape index (κ1) is 11.8. The van der Waals surface area contributed by atoms with E-state index < -0.39 is 23.3 Å². The van der Waals surface area contributed by atoms with Crippen molar-refractivity contribution in [3.05, 3.63) is 28.6 Å². The van der Waals surface area contributed by atoms with Crippen LogP contribution < -0.4 is 4.74 Å². The molecular formula is C10H10F4O. The molecule has 0 atom stereocenters. The van der Waals surface area contributed by atoms with Crippen LogP contribution in [0.5, 0.6) is 5.75 Å². The Kier molecular flexibility index (Phi) is 2.93. The van der Waals surface area contributed by atoms with E-state index in [9.17, 15) is 17.6 Å². The summed E-state index contributed by atoms with van der Waals surface area (Å²) < 4.78 is 55.4. The van der Waals surface area contributed by atoms with Gasteiger partial charge in [-0.25, -0.2) is 4.39 Å². The zero-order valence-electron chi connectivity index (χ0n) is 8.50. The molecule has 1 rings (SSSR count). The number of alkyl halides is 3. The van der Waals surface area contributed by atoms with E-state index in [0.717, 1.165) is 7.11 Å². The van der Waals surface area contributed by atoms with Crippen molar-refractivity contribution in [2.24, 2.45) is 0 Å². The van der Waals surface area contributed by atoms with Gasteiger partial charge in [-0.1, -0.05) is 0 Å². The number of methoxy groups -OCH3 is 1. The second kappa shape index (κ2) is 3.72. The first-order chi connectivity index (χ1) is 6.79. The summed E-state index contributed by atoms with van der Waals surface area (Å²) in [7, 11) is 1.08. The highest BCUT2D eigenvalue weighted by atomic mass is 19.4. The largest absolute Gasteiger partial charge is 0.496 e. The minimum atomic E-state index is -4.74. The summed E-state index contributed by atoms with van der Waals surface area (Å²) in [6.07, 6.45) is -4.74. The third kappa shape index (κ3) is 2.06. The topological polar surface area (TPSA) is 9.23 Å². The molecule has 1 aromatic carbocycles. The van der Waals surface area contributed by atoms with Gasteiger partial charge in [-0.2, -0.15) is 13.2 Å². The molecule has 1 nitrogen and oxygen atoms in total. The Balaban J connectivity index is 3.55. The van der Waals surface area contributed by atoms with E-state index in [1.165, 1.54) is 19.9 Å². The van der Waals surface area contributed by atoms with Crippen LogP contribution >= 0.6 is 0 Å². The SMILES string of the molecule is COc1cc(C)c(C)c(F)c1C(F)(F)F. The maximum Gasteiger partial charge on any atom is 0.422 e. The number of halogens is 4. The molecule has 15 heavy (non-hydrogen) atoms. The molecule has 0 aliphatic carbocycles. The Morgan fingerprint density at radius 2 is 1.73 bits per heavy atom. The summed E-state index contributed by atoms with van der Waals surface area (Å²) in [4.78, 5) is 0. The minimum absolute atomic E-state index is 0.0110. The molecule has 0 aromatic heterocycles. The van der Waals surface area contributed by atoms with Crippen LogP contribution in [0.4, 0.5) is 17.6 Å². The van der Waals surface area contributed by atoms with Crippen molar-refractivity contribution in [1.82, 2.24) is 0 Å². The number of benzene rings is 1. The van der Waals surface area contributed by atoms with Crippen LogP contribution in [0.25, 0.3) is 0 Å². The van der Waals surface area contributed by atoms with E-state index >= 15 is 0 Å². The second-order valence-corrected chi connectivity index (χ2v) is 3.21. The van der Waals surface area contributed by atoms with Crippen molar-refractivity contribution >= 4 is 0 Å². The van der Waals surface area contributed by atoms with Crippen molar-refractivity contribution < 1.29 is 22.3 Å². The van der Waals surface area contributed by atoms with Crippen LogP contribution in [0.2, 0.25) is 0 Å². The van der Waals surface area contributed by atoms with Gasteiger partial charge in [0, 0.05) is 0 Å². The average Bonchev–Trinajstić information content (AvgIpc) is 2.11. The molecule has 0 amide bonds. The van der Waals surface area contributed by atoms with Gasteiger partial charge in [-0.15, -0.1) is 0 Å². The molecule has 0 aliphatic heterocycles. The molecule has 0 aliphatic rings. The van der Waals surface area contributed by atoms with Crippen LogP contribution in [-0.2, 0) is 6.18 Å². The quantitative estimate of drug-likeness (QED) is 0.661. The van der Waals surface area contributed by atoms with Crippen LogP contribution in [0, 0.1) is 19.7 Å². The zero-order valence-corrected chi connectivity index (χ0v) is 8.50. The molecule has 84 valence electrons. The van der Waals surface area contributed by atoms with Crippen LogP contribution in [-0.4, -0.2) is 7.11 Å². The third-order valence-corrected chi connectivity index (χ3v) is 2.24. The number of rotatable bonds is 1. The molecular weight excluding hydrogens is 212 g/mol. The Bertz CT molecular complexity index is 382. The van der Waals surface area contributed by atoms with Crippen molar-refractivity contribution in [3.63, 3.8) is 0 Å². The van der Waals surface area contributed by atoms with Crippen molar-refractivity contribution in [1.29, 1.82) is 0 Å². The van der Waals surface area contributed by atoms with E-state index in [0.29, 0.717) is 5.56 Å². The third-order valence-electron chi connectivity index (χ3n) is 2.24. The first-order valence-corrected chi connectivity index (χ1v) is 4.20. The van der Waals surface area contributed by atoms with Gasteiger partial charge in [-0.3, -0.25) is 0 Å². The summed E-state index contributed by atoms with van der Waals surface area (Å²) in [5.41, 5.74) is -0.923. The molecule has 0 radical (unpaired) electrons. The molecule has 1 aromatic rings. The Morgan fingerprint density at radius 3 is 2.13 bits per heavy atom. The Morgan fingerprint density at radius 1 is 1.20 bits per heavy atom. The monoisotopic (exact) mass is 222 g/mol. The summed E-state index contributed by atoms with van der Waals surface area (Å²) >= 11 is 0. The highest BCUT2D eigenvalue weighted by Gasteiger charge is 2.38. The van der Waals surface area contributed by atoms with Crippen LogP contribution in [0.1, 0.15) is 16.7 Å². The predicted molar refractivity (Wildman–Crippen MR) is 47.4 cm³/mol. The van der Waals surface area contributed by atoms with Crippen LogP contribution in [0.3, 0.4) is 0 Å². The van der Waals surface area contributed by atoms with Crippen LogP contribution in [0.15, 0.2) is 6.07 Å².